The Labute approximate surface area is 204 Å². The van der Waals surface area contributed by atoms with Crippen LogP contribution in [-0.4, -0.2) is 33.3 Å². The van der Waals surface area contributed by atoms with Gasteiger partial charge >= 0.3 is 0 Å². The Bertz CT molecular complexity index is 1280. The van der Waals surface area contributed by atoms with Gasteiger partial charge < -0.3 is 10.2 Å². The van der Waals surface area contributed by atoms with E-state index < -0.39 is 27.1 Å². The van der Waals surface area contributed by atoms with E-state index in [1.54, 1.807) is 29.2 Å². The smallest absolute Gasteiger partial charge is 0.277 e. The van der Waals surface area contributed by atoms with E-state index in [2.05, 4.69) is 10.6 Å². The third-order valence-electron chi connectivity index (χ3n) is 4.81. The van der Waals surface area contributed by atoms with Crippen LogP contribution in [0.4, 0.5) is 22.7 Å². The molecule has 0 spiro atoms. The molecule has 0 aliphatic heterocycles. The number of anilines is 2. The van der Waals surface area contributed by atoms with Gasteiger partial charge in [-0.15, -0.1) is 0 Å². The lowest BCUT2D eigenvalue weighted by molar-refractivity contribution is -0.394. The summed E-state index contributed by atoms with van der Waals surface area (Å²) in [5.41, 5.74) is 0.0220. The van der Waals surface area contributed by atoms with Crippen LogP contribution in [0.15, 0.2) is 72.8 Å². The first-order valence-corrected chi connectivity index (χ1v) is 10.6. The SMILES string of the molecule is CCN(C(=O)c1cccc(NC(=S)NC(=O)c2cc([N+](=O)[O-])cc([N+](=O)[O-])c2)c1)c1ccccc1. The number of hydrogen-bond acceptors (Lipinski definition) is 7. The highest BCUT2D eigenvalue weighted by Gasteiger charge is 2.21. The second-order valence-corrected chi connectivity index (χ2v) is 7.53. The van der Waals surface area contributed by atoms with E-state index in [9.17, 15) is 29.8 Å². The highest BCUT2D eigenvalue weighted by molar-refractivity contribution is 7.80. The van der Waals surface area contributed by atoms with Crippen LogP contribution in [0.25, 0.3) is 0 Å². The summed E-state index contributed by atoms with van der Waals surface area (Å²) in [5, 5.41) is 27.0. The fourth-order valence-corrected chi connectivity index (χ4v) is 3.42. The molecular formula is C23H19N5O6S. The molecule has 0 bridgehead atoms. The van der Waals surface area contributed by atoms with Gasteiger partial charge in [0.15, 0.2) is 5.11 Å². The third kappa shape index (κ3) is 6.21. The van der Waals surface area contributed by atoms with E-state index in [4.69, 9.17) is 12.2 Å². The topological polar surface area (TPSA) is 148 Å². The molecule has 2 amide bonds. The number of non-ortho nitro benzene ring substituents is 2. The monoisotopic (exact) mass is 493 g/mol. The summed E-state index contributed by atoms with van der Waals surface area (Å²) in [6.45, 7) is 2.31. The highest BCUT2D eigenvalue weighted by atomic mass is 32.1. The van der Waals surface area contributed by atoms with E-state index in [0.717, 1.165) is 23.9 Å². The van der Waals surface area contributed by atoms with Crippen LogP contribution < -0.4 is 15.5 Å². The number of hydrogen-bond donors (Lipinski definition) is 2. The summed E-state index contributed by atoms with van der Waals surface area (Å²) in [4.78, 5) is 47.6. The number of nitro groups is 2. The Morgan fingerprint density at radius 3 is 2.09 bits per heavy atom. The van der Waals surface area contributed by atoms with Crippen LogP contribution in [-0.2, 0) is 0 Å². The lowest BCUT2D eigenvalue weighted by Gasteiger charge is -2.21. The number of benzene rings is 3. The van der Waals surface area contributed by atoms with Crippen molar-refractivity contribution in [3.63, 3.8) is 0 Å². The first-order valence-electron chi connectivity index (χ1n) is 10.2. The molecule has 3 rings (SSSR count). The fourth-order valence-electron chi connectivity index (χ4n) is 3.21. The molecule has 0 fully saturated rings. The number of carbonyl (C=O) groups is 2. The van der Waals surface area contributed by atoms with Gasteiger partial charge in [-0.05, 0) is 49.5 Å². The van der Waals surface area contributed by atoms with Gasteiger partial charge in [0.1, 0.15) is 0 Å². The number of rotatable bonds is 7. The number of nitrogens with one attached hydrogen (secondary N) is 2. The van der Waals surface area contributed by atoms with E-state index in [-0.39, 0.29) is 16.6 Å². The number of nitro benzene ring substituents is 2. The molecule has 12 heteroatoms. The van der Waals surface area contributed by atoms with Crippen molar-refractivity contribution in [2.24, 2.45) is 0 Å². The van der Waals surface area contributed by atoms with Gasteiger partial charge in [-0.1, -0.05) is 24.3 Å². The first kappa shape index (κ1) is 24.9. The van der Waals surface area contributed by atoms with Gasteiger partial charge in [0, 0.05) is 35.6 Å². The predicted molar refractivity (Wildman–Crippen MR) is 134 cm³/mol. The third-order valence-corrected chi connectivity index (χ3v) is 5.01. The number of para-hydroxylation sites is 1. The molecule has 2 N–H and O–H groups in total. The fraction of sp³-hybridized carbons (Fsp3) is 0.0870. The van der Waals surface area contributed by atoms with Gasteiger partial charge in [0.05, 0.1) is 21.5 Å². The van der Waals surface area contributed by atoms with E-state index in [0.29, 0.717) is 17.8 Å². The molecule has 35 heavy (non-hydrogen) atoms. The molecule has 3 aromatic rings. The molecule has 0 aromatic heterocycles. The molecule has 0 atom stereocenters. The average Bonchev–Trinajstić information content (AvgIpc) is 2.84. The van der Waals surface area contributed by atoms with Crippen molar-refractivity contribution >= 4 is 51.9 Å². The van der Waals surface area contributed by atoms with Crippen molar-refractivity contribution in [3.8, 4) is 0 Å². The molecule has 0 radical (unpaired) electrons. The van der Waals surface area contributed by atoms with Crippen molar-refractivity contribution in [2.45, 2.75) is 6.92 Å². The summed E-state index contributed by atoms with van der Waals surface area (Å²) in [7, 11) is 0. The number of nitrogens with zero attached hydrogens (tertiary/aromatic N) is 3. The zero-order valence-electron chi connectivity index (χ0n) is 18.3. The van der Waals surface area contributed by atoms with Crippen LogP contribution in [0.3, 0.4) is 0 Å². The lowest BCUT2D eigenvalue weighted by atomic mass is 10.1. The minimum atomic E-state index is -0.872. The zero-order valence-corrected chi connectivity index (χ0v) is 19.2. The maximum absolute atomic E-state index is 13.0. The van der Waals surface area contributed by atoms with Crippen molar-refractivity contribution in [1.29, 1.82) is 0 Å². The quantitative estimate of drug-likeness (QED) is 0.281. The summed E-state index contributed by atoms with van der Waals surface area (Å²) in [6, 6.07) is 18.2. The van der Waals surface area contributed by atoms with E-state index >= 15 is 0 Å². The molecule has 178 valence electrons. The van der Waals surface area contributed by atoms with Gasteiger partial charge in [0.2, 0.25) is 0 Å². The molecule has 3 aromatic carbocycles. The summed E-state index contributed by atoms with van der Waals surface area (Å²) in [6.07, 6.45) is 0. The number of carbonyl (C=O) groups excluding carboxylic acids is 2. The Hall–Kier alpha value is -4.71. The molecule has 11 nitrogen and oxygen atoms in total. The lowest BCUT2D eigenvalue weighted by Crippen LogP contribution is -2.34. The maximum atomic E-state index is 13.0. The van der Waals surface area contributed by atoms with Crippen molar-refractivity contribution in [1.82, 2.24) is 5.32 Å². The molecule has 0 unspecified atom stereocenters. The minimum Gasteiger partial charge on any atom is -0.332 e. The van der Waals surface area contributed by atoms with Crippen LogP contribution in [0.1, 0.15) is 27.6 Å². The Morgan fingerprint density at radius 2 is 1.51 bits per heavy atom. The van der Waals surface area contributed by atoms with Gasteiger partial charge in [0.25, 0.3) is 23.2 Å². The second kappa shape index (κ2) is 10.9. The van der Waals surface area contributed by atoms with Crippen LogP contribution in [0.5, 0.6) is 0 Å². The Balaban J connectivity index is 1.74. The van der Waals surface area contributed by atoms with E-state index in [1.807, 2.05) is 37.3 Å². The zero-order chi connectivity index (χ0) is 25.5. The normalized spacial score (nSPS) is 10.2. The first-order chi connectivity index (χ1) is 16.7. The second-order valence-electron chi connectivity index (χ2n) is 7.13. The van der Waals surface area contributed by atoms with E-state index in [1.165, 1.54) is 0 Å². The van der Waals surface area contributed by atoms with Crippen LogP contribution in [0, 0.1) is 20.2 Å². The Morgan fingerprint density at radius 1 is 0.886 bits per heavy atom. The molecule has 0 aliphatic carbocycles. The summed E-state index contributed by atoms with van der Waals surface area (Å²) in [5.74, 6) is -1.11. The highest BCUT2D eigenvalue weighted by Crippen LogP contribution is 2.23. The molecule has 0 saturated carbocycles. The van der Waals surface area contributed by atoms with Gasteiger partial charge in [-0.25, -0.2) is 0 Å². The predicted octanol–water partition coefficient (Wildman–Crippen LogP) is 4.30. The Kier molecular flexibility index (Phi) is 7.79. The van der Waals surface area contributed by atoms with Gasteiger partial charge in [-0.2, -0.15) is 0 Å². The summed E-state index contributed by atoms with van der Waals surface area (Å²) >= 11 is 5.13. The van der Waals surface area contributed by atoms with Crippen LogP contribution >= 0.6 is 12.2 Å². The van der Waals surface area contributed by atoms with Crippen molar-refractivity contribution < 1.29 is 19.4 Å². The molecule has 0 aliphatic rings. The van der Waals surface area contributed by atoms with Crippen molar-refractivity contribution in [3.05, 3.63) is 104 Å². The molecule has 0 saturated heterocycles. The standard InChI is InChI=1S/C23H19N5O6S/c1-2-26(18-9-4-3-5-10-18)22(30)15-7-6-8-17(11-15)24-23(35)25-21(29)16-12-19(27(31)32)14-20(13-16)28(33)34/h3-14H,2H2,1H3,(H2,24,25,29,35). The average molecular weight is 494 g/mol. The molecular weight excluding hydrogens is 474 g/mol. The minimum absolute atomic E-state index is 0.163. The van der Waals surface area contributed by atoms with Crippen LogP contribution in [0.2, 0.25) is 0 Å². The molecule has 0 heterocycles. The largest absolute Gasteiger partial charge is 0.332 e. The van der Waals surface area contributed by atoms with Crippen molar-refractivity contribution in [2.75, 3.05) is 16.8 Å². The number of amides is 2. The van der Waals surface area contributed by atoms with Gasteiger partial charge in [-0.3, -0.25) is 35.1 Å². The summed E-state index contributed by atoms with van der Waals surface area (Å²) < 4.78 is 0. The number of thiocarbonyl (C=S) groups is 1. The maximum Gasteiger partial charge on any atom is 0.277 e.